The zero-order chi connectivity index (χ0) is 17.9. The van der Waals surface area contributed by atoms with E-state index in [2.05, 4.69) is 0 Å². The fourth-order valence-electron chi connectivity index (χ4n) is 2.70. The number of ether oxygens (including phenoxy) is 1. The Bertz CT molecular complexity index is 808. The predicted molar refractivity (Wildman–Crippen MR) is 91.2 cm³/mol. The van der Waals surface area contributed by atoms with E-state index in [9.17, 15) is 14.7 Å². The van der Waals surface area contributed by atoms with Crippen LogP contribution in [-0.2, 0) is 20.6 Å². The quantitative estimate of drug-likeness (QED) is 0.820. The van der Waals surface area contributed by atoms with Crippen molar-refractivity contribution >= 4 is 0 Å². The molecular weight excluding hydrogens is 310 g/mol. The largest absolute Gasteiger partial charge is 0.497 e. The van der Waals surface area contributed by atoms with Crippen molar-refractivity contribution in [2.24, 2.45) is 14.1 Å². The number of methoxy groups -OCH3 is 1. The Morgan fingerprint density at radius 2 is 1.83 bits per heavy atom. The number of rotatable bonds is 6. The third kappa shape index (κ3) is 3.58. The van der Waals surface area contributed by atoms with E-state index in [0.717, 1.165) is 15.9 Å². The second-order valence-electron chi connectivity index (χ2n) is 5.80. The summed E-state index contributed by atoms with van der Waals surface area (Å²) in [7, 11) is 6.50. The fraction of sp³-hybridized carbons (Fsp3) is 0.412. The summed E-state index contributed by atoms with van der Waals surface area (Å²) in [5.41, 5.74) is 0.730. The highest BCUT2D eigenvalue weighted by Crippen LogP contribution is 2.22. The van der Waals surface area contributed by atoms with Gasteiger partial charge in [0.1, 0.15) is 5.75 Å². The molecule has 1 N–H and O–H groups in total. The lowest BCUT2D eigenvalue weighted by Gasteiger charge is -2.27. The summed E-state index contributed by atoms with van der Waals surface area (Å²) >= 11 is 0. The van der Waals surface area contributed by atoms with Crippen molar-refractivity contribution in [3.63, 3.8) is 0 Å². The lowest BCUT2D eigenvalue weighted by atomic mass is 10.1. The number of hydrogen-bond donors (Lipinski definition) is 1. The summed E-state index contributed by atoms with van der Waals surface area (Å²) in [4.78, 5) is 25.9. The van der Waals surface area contributed by atoms with Crippen LogP contribution in [-0.4, -0.2) is 39.9 Å². The van der Waals surface area contributed by atoms with Gasteiger partial charge in [0.15, 0.2) is 0 Å². The summed E-state index contributed by atoms with van der Waals surface area (Å²) in [5, 5.41) is 9.77. The summed E-state index contributed by atoms with van der Waals surface area (Å²) in [5.74, 6) is 0.741. The second kappa shape index (κ2) is 7.46. The van der Waals surface area contributed by atoms with E-state index in [-0.39, 0.29) is 23.9 Å². The molecule has 7 heteroatoms. The summed E-state index contributed by atoms with van der Waals surface area (Å²) in [6.07, 6.45) is 1.55. The van der Waals surface area contributed by atoms with Gasteiger partial charge in [-0.3, -0.25) is 14.3 Å². The van der Waals surface area contributed by atoms with Crippen LogP contribution in [0.15, 0.2) is 40.1 Å². The average Bonchev–Trinajstić information content (AvgIpc) is 2.59. The molecule has 1 heterocycles. The van der Waals surface area contributed by atoms with Crippen LogP contribution in [0.4, 0.5) is 0 Å². The number of aromatic nitrogens is 2. The first-order chi connectivity index (χ1) is 11.4. The third-order valence-corrected chi connectivity index (χ3v) is 4.14. The molecule has 1 aromatic carbocycles. The third-order valence-electron chi connectivity index (χ3n) is 4.14. The lowest BCUT2D eigenvalue weighted by molar-refractivity contribution is 0.141. The SMILES string of the molecule is COc1ccc([C@H](CO)N(C)Cc2cn(C)c(=O)n(C)c2=O)cc1. The number of nitrogens with zero attached hydrogens (tertiary/aromatic N) is 3. The first kappa shape index (κ1) is 18.0. The normalized spacial score (nSPS) is 12.4. The van der Waals surface area contributed by atoms with Gasteiger partial charge in [-0.1, -0.05) is 12.1 Å². The number of aliphatic hydroxyl groups is 1. The molecule has 0 saturated carbocycles. The van der Waals surface area contributed by atoms with Crippen molar-refractivity contribution < 1.29 is 9.84 Å². The minimum atomic E-state index is -0.361. The molecule has 0 aliphatic carbocycles. The van der Waals surface area contributed by atoms with Gasteiger partial charge in [0, 0.05) is 32.4 Å². The van der Waals surface area contributed by atoms with Crippen LogP contribution in [0.3, 0.4) is 0 Å². The van der Waals surface area contributed by atoms with Gasteiger partial charge in [-0.25, -0.2) is 4.79 Å². The Labute approximate surface area is 140 Å². The highest BCUT2D eigenvalue weighted by molar-refractivity contribution is 5.29. The van der Waals surface area contributed by atoms with Crippen LogP contribution >= 0.6 is 0 Å². The molecule has 2 rings (SSSR count). The molecule has 130 valence electrons. The lowest BCUT2D eigenvalue weighted by Crippen LogP contribution is -2.40. The van der Waals surface area contributed by atoms with Crippen LogP contribution in [0.2, 0.25) is 0 Å². The number of aryl methyl sites for hydroxylation is 1. The van der Waals surface area contributed by atoms with Gasteiger partial charge in [-0.05, 0) is 24.7 Å². The van der Waals surface area contributed by atoms with Gasteiger partial charge >= 0.3 is 5.69 Å². The molecule has 0 unspecified atom stereocenters. The monoisotopic (exact) mass is 333 g/mol. The Kier molecular flexibility index (Phi) is 5.58. The predicted octanol–water partition coefficient (Wildman–Crippen LogP) is 0.258. The van der Waals surface area contributed by atoms with Crippen molar-refractivity contribution in [2.75, 3.05) is 20.8 Å². The summed E-state index contributed by atoms with van der Waals surface area (Å²) in [6.45, 7) is 0.229. The maximum Gasteiger partial charge on any atom is 0.330 e. The second-order valence-corrected chi connectivity index (χ2v) is 5.80. The Balaban J connectivity index is 2.28. The van der Waals surface area contributed by atoms with Gasteiger partial charge in [-0.15, -0.1) is 0 Å². The standard InChI is InChI=1S/C17H23N3O4/c1-18(9-13-10-19(2)17(23)20(3)16(13)22)15(11-21)12-5-7-14(24-4)8-6-12/h5-8,10,15,21H,9,11H2,1-4H3/t15-/m0/s1. The zero-order valence-corrected chi connectivity index (χ0v) is 14.4. The first-order valence-corrected chi connectivity index (χ1v) is 7.59. The van der Waals surface area contributed by atoms with Gasteiger partial charge in [0.2, 0.25) is 0 Å². The first-order valence-electron chi connectivity index (χ1n) is 7.59. The molecule has 0 aliphatic rings. The fourth-order valence-corrected chi connectivity index (χ4v) is 2.70. The summed E-state index contributed by atoms with van der Waals surface area (Å²) in [6, 6.07) is 7.16. The maximum atomic E-state index is 12.3. The molecule has 1 aromatic heterocycles. The minimum Gasteiger partial charge on any atom is -0.497 e. The molecule has 0 saturated heterocycles. The van der Waals surface area contributed by atoms with Crippen molar-refractivity contribution in [3.05, 3.63) is 62.4 Å². The van der Waals surface area contributed by atoms with Crippen molar-refractivity contribution in [3.8, 4) is 5.75 Å². The smallest absolute Gasteiger partial charge is 0.330 e. The van der Waals surface area contributed by atoms with Crippen molar-refractivity contribution in [2.45, 2.75) is 12.6 Å². The maximum absolute atomic E-state index is 12.3. The van der Waals surface area contributed by atoms with Gasteiger partial charge < -0.3 is 14.4 Å². The molecule has 0 radical (unpaired) electrons. The van der Waals surface area contributed by atoms with E-state index < -0.39 is 0 Å². The van der Waals surface area contributed by atoms with Crippen LogP contribution < -0.4 is 16.0 Å². The molecule has 0 amide bonds. The van der Waals surface area contributed by atoms with Crippen LogP contribution in [0.5, 0.6) is 5.75 Å². The van der Waals surface area contributed by atoms with Gasteiger partial charge in [0.05, 0.1) is 19.8 Å². The number of hydrogen-bond acceptors (Lipinski definition) is 5. The van der Waals surface area contributed by atoms with E-state index in [1.165, 1.54) is 11.6 Å². The molecule has 24 heavy (non-hydrogen) atoms. The molecule has 2 aromatic rings. The van der Waals surface area contributed by atoms with Gasteiger partial charge in [-0.2, -0.15) is 0 Å². The van der Waals surface area contributed by atoms with Crippen LogP contribution in [0, 0.1) is 0 Å². The average molecular weight is 333 g/mol. The van der Waals surface area contributed by atoms with Crippen LogP contribution in [0.25, 0.3) is 0 Å². The minimum absolute atomic E-state index is 0.0884. The van der Waals surface area contributed by atoms with Crippen molar-refractivity contribution in [1.82, 2.24) is 14.0 Å². The Morgan fingerprint density at radius 1 is 1.21 bits per heavy atom. The number of aliphatic hydroxyl groups excluding tert-OH is 1. The van der Waals surface area contributed by atoms with E-state index >= 15 is 0 Å². The highest BCUT2D eigenvalue weighted by Gasteiger charge is 2.18. The number of benzene rings is 1. The molecule has 7 nitrogen and oxygen atoms in total. The molecular formula is C17H23N3O4. The van der Waals surface area contributed by atoms with Crippen molar-refractivity contribution in [1.29, 1.82) is 0 Å². The van der Waals surface area contributed by atoms with Gasteiger partial charge in [0.25, 0.3) is 5.56 Å². The van der Waals surface area contributed by atoms with E-state index in [4.69, 9.17) is 4.74 Å². The highest BCUT2D eigenvalue weighted by atomic mass is 16.5. The number of likely N-dealkylation sites (N-methyl/N-ethyl adjacent to an activating group) is 1. The van der Waals surface area contributed by atoms with Crippen LogP contribution in [0.1, 0.15) is 17.2 Å². The topological polar surface area (TPSA) is 76.7 Å². The Morgan fingerprint density at radius 3 is 2.38 bits per heavy atom. The zero-order valence-electron chi connectivity index (χ0n) is 14.4. The van der Waals surface area contributed by atoms with E-state index in [1.54, 1.807) is 20.4 Å². The summed E-state index contributed by atoms with van der Waals surface area (Å²) < 4.78 is 7.61. The van der Waals surface area contributed by atoms with E-state index in [1.807, 2.05) is 36.2 Å². The molecule has 1 atom stereocenters. The molecule has 0 spiro atoms. The molecule has 0 aliphatic heterocycles. The molecule has 0 bridgehead atoms. The molecule has 0 fully saturated rings. The van der Waals surface area contributed by atoms with E-state index in [0.29, 0.717) is 12.1 Å². The Hall–Kier alpha value is -2.38.